The third-order valence-corrected chi connectivity index (χ3v) is 3.97. The van der Waals surface area contributed by atoms with Crippen molar-refractivity contribution >= 4 is 28.9 Å². The quantitative estimate of drug-likeness (QED) is 0.619. The molecule has 8 nitrogen and oxygen atoms in total. The van der Waals surface area contributed by atoms with Gasteiger partial charge in [0, 0.05) is 0 Å². The Morgan fingerprint density at radius 2 is 2.12 bits per heavy atom. The summed E-state index contributed by atoms with van der Waals surface area (Å²) in [5.41, 5.74) is 0.695. The maximum Gasteiger partial charge on any atom is 0.360 e. The van der Waals surface area contributed by atoms with Crippen molar-refractivity contribution in [1.82, 2.24) is 25.2 Å². The van der Waals surface area contributed by atoms with Crippen LogP contribution in [0.1, 0.15) is 22.4 Å². The summed E-state index contributed by atoms with van der Waals surface area (Å²) in [4.78, 5) is 12.0. The van der Waals surface area contributed by atoms with E-state index < -0.39 is 5.97 Å². The zero-order chi connectivity index (χ0) is 16.9. The molecule has 0 aliphatic rings. The predicted molar refractivity (Wildman–Crippen MR) is 86.6 cm³/mol. The molecule has 2 aromatic heterocycles. The van der Waals surface area contributed by atoms with E-state index >= 15 is 0 Å². The summed E-state index contributed by atoms with van der Waals surface area (Å²) >= 11 is 7.30. The highest BCUT2D eigenvalue weighted by Crippen LogP contribution is 2.20. The Morgan fingerprint density at radius 1 is 1.29 bits per heavy atom. The van der Waals surface area contributed by atoms with E-state index in [4.69, 9.17) is 21.1 Å². The minimum absolute atomic E-state index is 0.0114. The molecule has 3 rings (SSSR count). The highest BCUT2D eigenvalue weighted by atomic mass is 35.5. The molecule has 3 aromatic rings. The summed E-state index contributed by atoms with van der Waals surface area (Å²) < 4.78 is 11.8. The van der Waals surface area contributed by atoms with Crippen molar-refractivity contribution in [3.8, 4) is 10.9 Å². The Balaban J connectivity index is 1.64. The van der Waals surface area contributed by atoms with Gasteiger partial charge < -0.3 is 9.47 Å². The molecular weight excluding hydrogens is 354 g/mol. The normalized spacial score (nSPS) is 10.6. The zero-order valence-electron chi connectivity index (χ0n) is 12.5. The van der Waals surface area contributed by atoms with Gasteiger partial charge in [0.25, 0.3) is 5.19 Å². The Kier molecular flexibility index (Phi) is 5.02. The number of nitrogens with zero attached hydrogens (tertiary/aromatic N) is 5. The Labute approximate surface area is 146 Å². The molecule has 0 amide bonds. The Hall–Kier alpha value is -2.52. The van der Waals surface area contributed by atoms with Crippen LogP contribution >= 0.6 is 22.9 Å². The van der Waals surface area contributed by atoms with Crippen molar-refractivity contribution in [2.45, 2.75) is 13.5 Å². The van der Waals surface area contributed by atoms with Gasteiger partial charge in [0.1, 0.15) is 6.61 Å². The highest BCUT2D eigenvalue weighted by Gasteiger charge is 2.15. The third-order valence-electron chi connectivity index (χ3n) is 2.84. The van der Waals surface area contributed by atoms with E-state index in [2.05, 4.69) is 20.5 Å². The maximum absolute atomic E-state index is 12.0. The van der Waals surface area contributed by atoms with Crippen LogP contribution in [0.4, 0.5) is 0 Å². The van der Waals surface area contributed by atoms with E-state index in [1.807, 2.05) is 13.0 Å². The Bertz CT molecular complexity index is 850. The van der Waals surface area contributed by atoms with E-state index in [1.165, 1.54) is 22.2 Å². The number of para-hydroxylation sites is 1. The molecule has 10 heteroatoms. The first-order valence-corrected chi connectivity index (χ1v) is 8.16. The first kappa shape index (κ1) is 16.3. The van der Waals surface area contributed by atoms with E-state index in [9.17, 15) is 4.79 Å². The molecule has 0 radical (unpaired) electrons. The fraction of sp³-hybridized carbons (Fsp3) is 0.214. The van der Waals surface area contributed by atoms with Crippen molar-refractivity contribution in [1.29, 1.82) is 0 Å². The topological polar surface area (TPSA) is 92.0 Å². The minimum Gasteiger partial charge on any atom is -0.469 e. The fourth-order valence-electron chi connectivity index (χ4n) is 1.79. The van der Waals surface area contributed by atoms with Gasteiger partial charge in [0.05, 0.1) is 23.5 Å². The molecule has 0 N–H and O–H groups in total. The largest absolute Gasteiger partial charge is 0.469 e. The number of hydrogen-bond donors (Lipinski definition) is 0. The molecule has 0 bridgehead atoms. The van der Waals surface area contributed by atoms with E-state index in [0.717, 1.165) is 0 Å². The second kappa shape index (κ2) is 7.37. The van der Waals surface area contributed by atoms with Crippen LogP contribution in [-0.2, 0) is 11.3 Å². The summed E-state index contributed by atoms with van der Waals surface area (Å²) in [5, 5.41) is 16.9. The average Bonchev–Trinajstić information content (AvgIpc) is 3.23. The first-order valence-electron chi connectivity index (χ1n) is 6.97. The van der Waals surface area contributed by atoms with Crippen LogP contribution in [-0.4, -0.2) is 37.8 Å². The molecule has 124 valence electrons. The summed E-state index contributed by atoms with van der Waals surface area (Å²) in [6.07, 6.45) is 1.45. The highest BCUT2D eigenvalue weighted by molar-refractivity contribution is 7.13. The molecule has 2 heterocycles. The van der Waals surface area contributed by atoms with Crippen molar-refractivity contribution < 1.29 is 14.3 Å². The number of aromatic nitrogens is 5. The number of rotatable bonds is 6. The van der Waals surface area contributed by atoms with Crippen molar-refractivity contribution in [3.05, 3.63) is 46.2 Å². The van der Waals surface area contributed by atoms with Crippen LogP contribution in [0.3, 0.4) is 0 Å². The van der Waals surface area contributed by atoms with Gasteiger partial charge >= 0.3 is 5.97 Å². The lowest BCUT2D eigenvalue weighted by Gasteiger charge is -2.01. The molecule has 0 saturated heterocycles. The van der Waals surface area contributed by atoms with Gasteiger partial charge in [-0.15, -0.1) is 10.2 Å². The lowest BCUT2D eigenvalue weighted by molar-refractivity contribution is 0.0464. The number of carbonyl (C=O) groups is 1. The Morgan fingerprint density at radius 3 is 2.92 bits per heavy atom. The van der Waals surface area contributed by atoms with Gasteiger partial charge in [-0.1, -0.05) is 45.4 Å². The van der Waals surface area contributed by atoms with E-state index in [1.54, 1.807) is 18.2 Å². The molecular formula is C14H12ClN5O3S. The molecule has 0 spiro atoms. The molecule has 1 aromatic carbocycles. The minimum atomic E-state index is -0.610. The predicted octanol–water partition coefficient (Wildman–Crippen LogP) is 2.53. The smallest absolute Gasteiger partial charge is 0.360 e. The van der Waals surface area contributed by atoms with E-state index in [0.29, 0.717) is 27.5 Å². The number of hydrogen-bond acceptors (Lipinski definition) is 8. The van der Waals surface area contributed by atoms with Crippen molar-refractivity contribution in [3.63, 3.8) is 0 Å². The van der Waals surface area contributed by atoms with Gasteiger partial charge in [-0.25, -0.2) is 9.48 Å². The van der Waals surface area contributed by atoms with Gasteiger partial charge in [-0.05, 0) is 19.1 Å². The molecule has 0 aliphatic heterocycles. The van der Waals surface area contributed by atoms with Crippen molar-refractivity contribution in [2.24, 2.45) is 0 Å². The maximum atomic E-state index is 12.0. The third kappa shape index (κ3) is 3.69. The number of ether oxygens (including phenoxy) is 2. The summed E-state index contributed by atoms with van der Waals surface area (Å²) in [5.74, 6) is -0.610. The SMILES string of the molecule is CCOc1nnc(COC(=O)c2cn(-c3ccccc3Cl)nn2)s1. The zero-order valence-corrected chi connectivity index (χ0v) is 14.1. The molecule has 0 unspecified atom stereocenters. The molecule has 0 saturated carbocycles. The number of benzene rings is 1. The van der Waals surface area contributed by atoms with Crippen LogP contribution in [0.5, 0.6) is 5.19 Å². The second-order valence-electron chi connectivity index (χ2n) is 4.47. The van der Waals surface area contributed by atoms with Gasteiger partial charge in [-0.2, -0.15) is 0 Å². The van der Waals surface area contributed by atoms with Crippen LogP contribution in [0.2, 0.25) is 5.02 Å². The number of halogens is 1. The van der Waals surface area contributed by atoms with Crippen LogP contribution in [0.15, 0.2) is 30.5 Å². The summed E-state index contributed by atoms with van der Waals surface area (Å²) in [6.45, 7) is 2.34. The van der Waals surface area contributed by atoms with Crippen LogP contribution in [0, 0.1) is 0 Å². The lowest BCUT2D eigenvalue weighted by atomic mass is 10.3. The molecule has 0 atom stereocenters. The van der Waals surface area contributed by atoms with Crippen molar-refractivity contribution in [2.75, 3.05) is 6.61 Å². The van der Waals surface area contributed by atoms with E-state index in [-0.39, 0.29) is 12.3 Å². The van der Waals surface area contributed by atoms with Gasteiger partial charge in [0.15, 0.2) is 10.7 Å². The monoisotopic (exact) mass is 365 g/mol. The molecule has 24 heavy (non-hydrogen) atoms. The lowest BCUT2D eigenvalue weighted by Crippen LogP contribution is -2.05. The average molecular weight is 366 g/mol. The molecule has 0 fully saturated rings. The van der Waals surface area contributed by atoms with Gasteiger partial charge in [-0.3, -0.25) is 0 Å². The standard InChI is InChI=1S/C14H12ClN5O3S/c1-2-22-14-18-17-12(24-14)8-23-13(21)10-7-20(19-16-10)11-6-4-3-5-9(11)15/h3-7H,2,8H2,1H3. The molecule has 0 aliphatic carbocycles. The summed E-state index contributed by atoms with van der Waals surface area (Å²) in [7, 11) is 0. The second-order valence-corrected chi connectivity index (χ2v) is 5.90. The first-order chi connectivity index (χ1) is 11.7. The summed E-state index contributed by atoms with van der Waals surface area (Å²) in [6, 6.07) is 7.10. The van der Waals surface area contributed by atoms with Crippen LogP contribution < -0.4 is 4.74 Å². The number of esters is 1. The van der Waals surface area contributed by atoms with Crippen LogP contribution in [0.25, 0.3) is 5.69 Å². The number of carbonyl (C=O) groups excluding carboxylic acids is 1. The van der Waals surface area contributed by atoms with Gasteiger partial charge in [0.2, 0.25) is 0 Å². The fourth-order valence-corrected chi connectivity index (χ4v) is 2.67.